The third-order valence-corrected chi connectivity index (χ3v) is 6.66. The number of piperazine rings is 1. The van der Waals surface area contributed by atoms with Crippen molar-refractivity contribution < 1.29 is 17.9 Å². The number of ether oxygens (including phenoxy) is 1. The average Bonchev–Trinajstić information content (AvgIpc) is 2.72. The lowest BCUT2D eigenvalue weighted by Gasteiger charge is -2.34. The number of benzene rings is 2. The van der Waals surface area contributed by atoms with Crippen LogP contribution in [0.15, 0.2) is 65.6 Å². The van der Waals surface area contributed by atoms with Gasteiger partial charge >= 0.3 is 0 Å². The van der Waals surface area contributed by atoms with E-state index < -0.39 is 10.0 Å². The number of carbonyl (C=O) groups is 1. The first kappa shape index (κ1) is 21.1. The van der Waals surface area contributed by atoms with Crippen LogP contribution < -0.4 is 4.74 Å². The number of nitrogens with zero attached hydrogens (tertiary/aromatic N) is 2. The van der Waals surface area contributed by atoms with E-state index in [1.807, 2.05) is 13.8 Å². The van der Waals surface area contributed by atoms with Crippen molar-refractivity contribution in [2.75, 3.05) is 32.8 Å². The smallest absolute Gasteiger partial charge is 0.254 e. The van der Waals surface area contributed by atoms with Crippen LogP contribution in [0, 0.1) is 6.92 Å². The van der Waals surface area contributed by atoms with Gasteiger partial charge in [0.1, 0.15) is 12.4 Å². The number of sulfonamides is 1. The molecule has 7 heteroatoms. The molecule has 1 fully saturated rings. The van der Waals surface area contributed by atoms with Crippen LogP contribution in [-0.2, 0) is 10.0 Å². The highest BCUT2D eigenvalue weighted by atomic mass is 32.2. The molecule has 1 saturated heterocycles. The van der Waals surface area contributed by atoms with Crippen LogP contribution in [0.1, 0.15) is 22.8 Å². The molecule has 0 unspecified atom stereocenters. The van der Waals surface area contributed by atoms with Crippen molar-refractivity contribution in [2.24, 2.45) is 0 Å². The first-order valence-electron chi connectivity index (χ1n) is 9.51. The van der Waals surface area contributed by atoms with Crippen molar-refractivity contribution in [3.8, 4) is 5.75 Å². The maximum absolute atomic E-state index is 12.8. The van der Waals surface area contributed by atoms with Gasteiger partial charge in [-0.05, 0) is 49.8 Å². The zero-order chi connectivity index (χ0) is 21.0. The Hall–Kier alpha value is -2.64. The molecule has 2 aromatic carbocycles. The van der Waals surface area contributed by atoms with Gasteiger partial charge in [-0.2, -0.15) is 4.31 Å². The molecule has 1 heterocycles. The zero-order valence-electron chi connectivity index (χ0n) is 16.8. The lowest BCUT2D eigenvalue weighted by Crippen LogP contribution is -2.50. The quantitative estimate of drug-likeness (QED) is 0.682. The van der Waals surface area contributed by atoms with Gasteiger partial charge in [0.05, 0.1) is 4.90 Å². The number of rotatable bonds is 6. The maximum Gasteiger partial charge on any atom is 0.254 e. The molecular weight excluding hydrogens is 388 g/mol. The summed E-state index contributed by atoms with van der Waals surface area (Å²) >= 11 is 0. The zero-order valence-corrected chi connectivity index (χ0v) is 17.6. The Labute approximate surface area is 172 Å². The minimum atomic E-state index is -3.55. The number of hydrogen-bond donors (Lipinski definition) is 0. The Morgan fingerprint density at radius 1 is 1.07 bits per heavy atom. The molecule has 1 aliphatic heterocycles. The molecule has 6 nitrogen and oxygen atoms in total. The van der Waals surface area contributed by atoms with Crippen LogP contribution >= 0.6 is 0 Å². The van der Waals surface area contributed by atoms with Gasteiger partial charge in [0, 0.05) is 31.7 Å². The molecule has 2 aromatic rings. The fourth-order valence-electron chi connectivity index (χ4n) is 3.10. The average molecular weight is 415 g/mol. The van der Waals surface area contributed by atoms with Crippen molar-refractivity contribution in [1.82, 2.24) is 9.21 Å². The van der Waals surface area contributed by atoms with Crippen molar-refractivity contribution in [1.29, 1.82) is 0 Å². The Morgan fingerprint density at radius 3 is 2.34 bits per heavy atom. The predicted molar refractivity (Wildman–Crippen MR) is 113 cm³/mol. The van der Waals surface area contributed by atoms with E-state index in [2.05, 4.69) is 6.58 Å². The molecule has 0 aromatic heterocycles. The highest BCUT2D eigenvalue weighted by molar-refractivity contribution is 7.89. The molecular formula is C22H26N2O4S. The first-order valence-corrected chi connectivity index (χ1v) is 10.9. The lowest BCUT2D eigenvalue weighted by atomic mass is 10.1. The van der Waals surface area contributed by atoms with Gasteiger partial charge in [-0.1, -0.05) is 30.3 Å². The summed E-state index contributed by atoms with van der Waals surface area (Å²) in [7, 11) is -3.55. The molecule has 154 valence electrons. The molecule has 0 spiro atoms. The third-order valence-electron chi connectivity index (χ3n) is 4.75. The van der Waals surface area contributed by atoms with Gasteiger partial charge in [0.25, 0.3) is 5.91 Å². The predicted octanol–water partition coefficient (Wildman–Crippen LogP) is 3.10. The van der Waals surface area contributed by atoms with Crippen LogP contribution in [0.3, 0.4) is 0 Å². The summed E-state index contributed by atoms with van der Waals surface area (Å²) in [5.74, 6) is 0.484. The fraction of sp³-hybridized carbons (Fsp3) is 0.318. The number of carbonyl (C=O) groups excluding carboxylic acids is 1. The monoisotopic (exact) mass is 414 g/mol. The van der Waals surface area contributed by atoms with Crippen LogP contribution in [-0.4, -0.2) is 56.3 Å². The number of aryl methyl sites for hydroxylation is 1. The second-order valence-corrected chi connectivity index (χ2v) is 9.22. The van der Waals surface area contributed by atoms with E-state index in [9.17, 15) is 13.2 Å². The Kier molecular flexibility index (Phi) is 6.39. The van der Waals surface area contributed by atoms with E-state index in [1.54, 1.807) is 53.4 Å². The van der Waals surface area contributed by atoms with Crippen molar-refractivity contribution in [3.05, 3.63) is 71.8 Å². The van der Waals surface area contributed by atoms with Gasteiger partial charge in [0.2, 0.25) is 10.0 Å². The summed E-state index contributed by atoms with van der Waals surface area (Å²) in [6, 6.07) is 13.8. The van der Waals surface area contributed by atoms with Crippen LogP contribution in [0.5, 0.6) is 5.75 Å². The van der Waals surface area contributed by atoms with E-state index in [0.717, 1.165) is 11.1 Å². The highest BCUT2D eigenvalue weighted by Gasteiger charge is 2.30. The van der Waals surface area contributed by atoms with Gasteiger partial charge in [-0.15, -0.1) is 0 Å². The molecule has 0 aliphatic carbocycles. The summed E-state index contributed by atoms with van der Waals surface area (Å²) in [5, 5.41) is 0. The second kappa shape index (κ2) is 8.80. The number of hydrogen-bond acceptors (Lipinski definition) is 4. The SMILES string of the molecule is C=C(C)COc1cccc(C(=O)N2CCN(S(=O)(=O)c3ccc(C)cc3)CC2)c1. The summed E-state index contributed by atoms with van der Waals surface area (Å²) < 4.78 is 32.7. The van der Waals surface area contributed by atoms with Crippen molar-refractivity contribution >= 4 is 15.9 Å². The molecule has 1 amide bonds. The summed E-state index contributed by atoms with van der Waals surface area (Å²) in [6.45, 7) is 9.23. The molecule has 3 rings (SSSR count). The minimum Gasteiger partial charge on any atom is -0.489 e. The van der Waals surface area contributed by atoms with E-state index in [1.165, 1.54) is 4.31 Å². The fourth-order valence-corrected chi connectivity index (χ4v) is 4.52. The molecule has 0 saturated carbocycles. The standard InChI is InChI=1S/C22H26N2O4S/c1-17(2)16-28-20-6-4-5-19(15-20)22(25)23-11-13-24(14-12-23)29(26,27)21-9-7-18(3)8-10-21/h4-10,15H,1,11-14,16H2,2-3H3. The van der Waals surface area contributed by atoms with Gasteiger partial charge in [0.15, 0.2) is 0 Å². The summed E-state index contributed by atoms with van der Waals surface area (Å²) in [4.78, 5) is 14.8. The van der Waals surface area contributed by atoms with E-state index >= 15 is 0 Å². The van der Waals surface area contributed by atoms with Gasteiger partial charge in [-0.25, -0.2) is 8.42 Å². The molecule has 0 bridgehead atoms. The number of amides is 1. The van der Waals surface area contributed by atoms with Crippen LogP contribution in [0.25, 0.3) is 0 Å². The molecule has 0 N–H and O–H groups in total. The highest BCUT2D eigenvalue weighted by Crippen LogP contribution is 2.20. The lowest BCUT2D eigenvalue weighted by molar-refractivity contribution is 0.0697. The largest absolute Gasteiger partial charge is 0.489 e. The second-order valence-electron chi connectivity index (χ2n) is 7.28. The topological polar surface area (TPSA) is 66.9 Å². The Balaban J connectivity index is 1.64. The van der Waals surface area contributed by atoms with Crippen LogP contribution in [0.2, 0.25) is 0 Å². The Bertz CT molecular complexity index is 992. The normalized spacial score (nSPS) is 15.2. The minimum absolute atomic E-state index is 0.127. The van der Waals surface area contributed by atoms with E-state index in [-0.39, 0.29) is 23.9 Å². The van der Waals surface area contributed by atoms with Gasteiger partial charge < -0.3 is 9.64 Å². The summed E-state index contributed by atoms with van der Waals surface area (Å²) in [5.41, 5.74) is 2.43. The molecule has 0 atom stereocenters. The first-order chi connectivity index (χ1) is 13.8. The van der Waals surface area contributed by atoms with Crippen molar-refractivity contribution in [2.45, 2.75) is 18.7 Å². The van der Waals surface area contributed by atoms with Crippen LogP contribution in [0.4, 0.5) is 0 Å². The molecule has 29 heavy (non-hydrogen) atoms. The molecule has 0 radical (unpaired) electrons. The van der Waals surface area contributed by atoms with Gasteiger partial charge in [-0.3, -0.25) is 4.79 Å². The van der Waals surface area contributed by atoms with Crippen molar-refractivity contribution in [3.63, 3.8) is 0 Å². The maximum atomic E-state index is 12.8. The van der Waals surface area contributed by atoms with E-state index in [0.29, 0.717) is 31.0 Å². The summed E-state index contributed by atoms with van der Waals surface area (Å²) in [6.07, 6.45) is 0. The third kappa shape index (κ3) is 5.05. The molecule has 1 aliphatic rings. The van der Waals surface area contributed by atoms with E-state index in [4.69, 9.17) is 4.74 Å². The Morgan fingerprint density at radius 2 is 1.72 bits per heavy atom.